The van der Waals surface area contributed by atoms with E-state index in [0.29, 0.717) is 31.9 Å². The van der Waals surface area contributed by atoms with Crippen LogP contribution in [0.25, 0.3) is 0 Å². The molecule has 1 fully saturated rings. The number of para-hydroxylation sites is 1. The summed E-state index contributed by atoms with van der Waals surface area (Å²) >= 11 is 0. The highest BCUT2D eigenvalue weighted by atomic mass is 16.5. The molecule has 1 aromatic heterocycles. The van der Waals surface area contributed by atoms with E-state index in [1.807, 2.05) is 53.0 Å². The molecule has 2 heterocycles. The number of carbonyl (C=O) groups is 1. The standard InChI is InChI=1S/C19H25N3O3/c1-21-13-10-20-19(21)18(24)15-7-11-22(12-8-15)17(23)9-14-25-16-5-3-2-4-6-16/h2-6,10,13,15,18,24H,7-9,11-12,14H2,1H3/t18-/m1/s1. The van der Waals surface area contributed by atoms with Crippen LogP contribution in [0.4, 0.5) is 0 Å². The van der Waals surface area contributed by atoms with Crippen molar-refractivity contribution < 1.29 is 14.6 Å². The lowest BCUT2D eigenvalue weighted by Gasteiger charge is -2.34. The smallest absolute Gasteiger partial charge is 0.225 e. The number of amides is 1. The Kier molecular flexibility index (Phi) is 5.71. The van der Waals surface area contributed by atoms with Crippen LogP contribution >= 0.6 is 0 Å². The van der Waals surface area contributed by atoms with Crippen LogP contribution in [-0.2, 0) is 11.8 Å². The molecular weight excluding hydrogens is 318 g/mol. The highest BCUT2D eigenvalue weighted by Crippen LogP contribution is 2.29. The molecule has 1 amide bonds. The quantitative estimate of drug-likeness (QED) is 0.873. The van der Waals surface area contributed by atoms with Crippen LogP contribution in [0.5, 0.6) is 5.75 Å². The van der Waals surface area contributed by atoms with Crippen molar-refractivity contribution in [1.29, 1.82) is 0 Å². The van der Waals surface area contributed by atoms with Gasteiger partial charge in [0.2, 0.25) is 5.91 Å². The summed E-state index contributed by atoms with van der Waals surface area (Å²) in [7, 11) is 1.89. The van der Waals surface area contributed by atoms with E-state index in [9.17, 15) is 9.90 Å². The number of nitrogens with zero attached hydrogens (tertiary/aromatic N) is 3. The second-order valence-corrected chi connectivity index (χ2v) is 6.47. The van der Waals surface area contributed by atoms with Gasteiger partial charge in [-0.1, -0.05) is 18.2 Å². The van der Waals surface area contributed by atoms with Crippen LogP contribution in [0.15, 0.2) is 42.7 Å². The summed E-state index contributed by atoms with van der Waals surface area (Å²) in [5.74, 6) is 1.74. The summed E-state index contributed by atoms with van der Waals surface area (Å²) in [5, 5.41) is 10.5. The molecule has 1 atom stereocenters. The molecule has 0 aliphatic carbocycles. The van der Waals surface area contributed by atoms with E-state index in [1.54, 1.807) is 6.20 Å². The van der Waals surface area contributed by atoms with Crippen LogP contribution in [0.1, 0.15) is 31.2 Å². The van der Waals surface area contributed by atoms with E-state index in [-0.39, 0.29) is 11.8 Å². The van der Waals surface area contributed by atoms with Gasteiger partial charge in [-0.3, -0.25) is 4.79 Å². The molecule has 0 radical (unpaired) electrons. The van der Waals surface area contributed by atoms with Gasteiger partial charge in [0.1, 0.15) is 17.7 Å². The Labute approximate surface area is 148 Å². The molecular formula is C19H25N3O3. The molecule has 1 aromatic carbocycles. The lowest BCUT2D eigenvalue weighted by atomic mass is 9.90. The fraction of sp³-hybridized carbons (Fsp3) is 0.474. The van der Waals surface area contributed by atoms with Gasteiger partial charge in [0, 0.05) is 32.5 Å². The molecule has 0 saturated carbocycles. The van der Waals surface area contributed by atoms with Crippen molar-refractivity contribution in [1.82, 2.24) is 14.5 Å². The lowest BCUT2D eigenvalue weighted by Crippen LogP contribution is -2.40. The van der Waals surface area contributed by atoms with Crippen LogP contribution in [0, 0.1) is 5.92 Å². The second kappa shape index (κ2) is 8.16. The van der Waals surface area contributed by atoms with Gasteiger partial charge in [0.15, 0.2) is 0 Å². The van der Waals surface area contributed by atoms with Gasteiger partial charge in [-0.25, -0.2) is 4.98 Å². The third kappa shape index (κ3) is 4.39. The van der Waals surface area contributed by atoms with Crippen LogP contribution < -0.4 is 4.74 Å². The molecule has 25 heavy (non-hydrogen) atoms. The third-order valence-electron chi connectivity index (χ3n) is 4.79. The zero-order chi connectivity index (χ0) is 17.6. The minimum Gasteiger partial charge on any atom is -0.493 e. The molecule has 6 nitrogen and oxygen atoms in total. The number of benzene rings is 1. The highest BCUT2D eigenvalue weighted by molar-refractivity contribution is 5.76. The van der Waals surface area contributed by atoms with Gasteiger partial charge < -0.3 is 19.3 Å². The molecule has 1 saturated heterocycles. The molecule has 0 unspecified atom stereocenters. The Hall–Kier alpha value is -2.34. The van der Waals surface area contributed by atoms with Crippen LogP contribution in [0.2, 0.25) is 0 Å². The second-order valence-electron chi connectivity index (χ2n) is 6.47. The number of aliphatic hydroxyl groups is 1. The summed E-state index contributed by atoms with van der Waals surface area (Å²) in [6.07, 6.45) is 4.92. The molecule has 0 bridgehead atoms. The number of aromatic nitrogens is 2. The number of imidazole rings is 1. The van der Waals surface area contributed by atoms with Gasteiger partial charge in [0.05, 0.1) is 13.0 Å². The molecule has 0 spiro atoms. The first kappa shape index (κ1) is 17.5. The summed E-state index contributed by atoms with van der Waals surface area (Å²) in [6.45, 7) is 1.74. The predicted octanol–water partition coefficient (Wildman–Crippen LogP) is 2.16. The minimum atomic E-state index is -0.571. The molecule has 134 valence electrons. The Balaban J connectivity index is 1.42. The number of hydrogen-bond donors (Lipinski definition) is 1. The molecule has 1 aliphatic rings. The number of aryl methyl sites for hydroxylation is 1. The maximum absolute atomic E-state index is 12.3. The van der Waals surface area contributed by atoms with Gasteiger partial charge >= 0.3 is 0 Å². The van der Waals surface area contributed by atoms with Crippen LogP contribution in [-0.4, -0.2) is 45.2 Å². The van der Waals surface area contributed by atoms with Crippen molar-refractivity contribution in [3.8, 4) is 5.75 Å². The van der Waals surface area contributed by atoms with Crippen molar-refractivity contribution in [3.05, 3.63) is 48.5 Å². The first-order valence-electron chi connectivity index (χ1n) is 8.76. The third-order valence-corrected chi connectivity index (χ3v) is 4.79. The van der Waals surface area contributed by atoms with E-state index in [4.69, 9.17) is 4.74 Å². The fourth-order valence-electron chi connectivity index (χ4n) is 3.27. The molecule has 1 aliphatic heterocycles. The largest absolute Gasteiger partial charge is 0.493 e. The normalized spacial score (nSPS) is 16.6. The Morgan fingerprint density at radius 2 is 2.04 bits per heavy atom. The maximum atomic E-state index is 12.3. The number of rotatable bonds is 6. The van der Waals surface area contributed by atoms with Crippen molar-refractivity contribution in [3.63, 3.8) is 0 Å². The van der Waals surface area contributed by atoms with Gasteiger partial charge in [0.25, 0.3) is 0 Å². The molecule has 6 heteroatoms. The van der Waals surface area contributed by atoms with E-state index in [0.717, 1.165) is 18.6 Å². The molecule has 2 aromatic rings. The molecule has 1 N–H and O–H groups in total. The van der Waals surface area contributed by atoms with Gasteiger partial charge in [-0.05, 0) is 30.9 Å². The van der Waals surface area contributed by atoms with E-state index in [2.05, 4.69) is 4.98 Å². The van der Waals surface area contributed by atoms with E-state index >= 15 is 0 Å². The maximum Gasteiger partial charge on any atom is 0.225 e. The number of ether oxygens (including phenoxy) is 1. The van der Waals surface area contributed by atoms with E-state index < -0.39 is 6.10 Å². The van der Waals surface area contributed by atoms with Crippen molar-refractivity contribution in [2.24, 2.45) is 13.0 Å². The minimum absolute atomic E-state index is 0.112. The van der Waals surface area contributed by atoms with Gasteiger partial charge in [-0.15, -0.1) is 0 Å². The number of piperidine rings is 1. The molecule has 3 rings (SSSR count). The number of aliphatic hydroxyl groups excluding tert-OH is 1. The average Bonchev–Trinajstić information content (AvgIpc) is 3.08. The average molecular weight is 343 g/mol. The Bertz CT molecular complexity index is 678. The lowest BCUT2D eigenvalue weighted by molar-refractivity contribution is -0.133. The summed E-state index contributed by atoms with van der Waals surface area (Å²) in [6, 6.07) is 9.52. The Morgan fingerprint density at radius 3 is 2.68 bits per heavy atom. The fourth-order valence-corrected chi connectivity index (χ4v) is 3.27. The number of carbonyl (C=O) groups excluding carboxylic acids is 1. The summed E-state index contributed by atoms with van der Waals surface area (Å²) < 4.78 is 7.44. The zero-order valence-electron chi connectivity index (χ0n) is 14.5. The zero-order valence-corrected chi connectivity index (χ0v) is 14.5. The van der Waals surface area contributed by atoms with Crippen LogP contribution in [0.3, 0.4) is 0 Å². The SMILES string of the molecule is Cn1ccnc1[C@H](O)C1CCN(C(=O)CCOc2ccccc2)CC1. The first-order valence-corrected chi connectivity index (χ1v) is 8.76. The number of hydrogen-bond acceptors (Lipinski definition) is 4. The summed E-state index contributed by atoms with van der Waals surface area (Å²) in [4.78, 5) is 18.4. The number of likely N-dealkylation sites (tertiary alicyclic amines) is 1. The monoisotopic (exact) mass is 343 g/mol. The Morgan fingerprint density at radius 1 is 1.32 bits per heavy atom. The predicted molar refractivity (Wildman–Crippen MR) is 94.0 cm³/mol. The van der Waals surface area contributed by atoms with Gasteiger partial charge in [-0.2, -0.15) is 0 Å². The van der Waals surface area contributed by atoms with E-state index in [1.165, 1.54) is 0 Å². The summed E-state index contributed by atoms with van der Waals surface area (Å²) in [5.41, 5.74) is 0. The van der Waals surface area contributed by atoms with Crippen molar-refractivity contribution in [2.45, 2.75) is 25.4 Å². The first-order chi connectivity index (χ1) is 12.1. The van der Waals surface area contributed by atoms with Crippen molar-refractivity contribution in [2.75, 3.05) is 19.7 Å². The van der Waals surface area contributed by atoms with Crippen molar-refractivity contribution >= 4 is 5.91 Å². The topological polar surface area (TPSA) is 67.6 Å². The highest BCUT2D eigenvalue weighted by Gasteiger charge is 2.29.